The van der Waals surface area contributed by atoms with Crippen LogP contribution in [0.4, 0.5) is 0 Å². The molecule has 2 aromatic carbocycles. The van der Waals surface area contributed by atoms with Crippen molar-refractivity contribution < 1.29 is 14.6 Å². The Hall–Kier alpha value is -4.20. The van der Waals surface area contributed by atoms with Gasteiger partial charge in [-0.2, -0.15) is 9.78 Å². The van der Waals surface area contributed by atoms with Crippen LogP contribution in [0.5, 0.6) is 5.75 Å². The van der Waals surface area contributed by atoms with Crippen LogP contribution in [0.1, 0.15) is 10.5 Å². The highest BCUT2D eigenvalue weighted by Crippen LogP contribution is 2.31. The first kappa shape index (κ1) is 18.2. The van der Waals surface area contributed by atoms with Crippen molar-refractivity contribution in [1.29, 1.82) is 0 Å². The van der Waals surface area contributed by atoms with Gasteiger partial charge in [0.05, 0.1) is 23.9 Å². The monoisotopic (exact) mass is 389 g/mol. The molecule has 0 atom stereocenters. The zero-order valence-corrected chi connectivity index (χ0v) is 15.2. The third kappa shape index (κ3) is 2.96. The smallest absolute Gasteiger partial charge is 0.360 e. The van der Waals surface area contributed by atoms with E-state index in [2.05, 4.69) is 10.1 Å². The van der Waals surface area contributed by atoms with Crippen LogP contribution in [0, 0.1) is 0 Å². The second kappa shape index (κ2) is 7.08. The molecular weight excluding hydrogens is 374 g/mol. The van der Waals surface area contributed by atoms with Gasteiger partial charge in [-0.3, -0.25) is 9.59 Å². The molecule has 0 bridgehead atoms. The highest BCUT2D eigenvalue weighted by Gasteiger charge is 2.24. The van der Waals surface area contributed by atoms with Crippen molar-refractivity contribution in [3.63, 3.8) is 0 Å². The Balaban J connectivity index is 2.17. The number of carbonyl (C=O) groups excluding carboxylic acids is 1. The second-order valence-electron chi connectivity index (χ2n) is 6.19. The van der Waals surface area contributed by atoms with Gasteiger partial charge >= 0.3 is 5.97 Å². The number of aromatic nitrogens is 3. The number of benzene rings is 2. The molecule has 8 nitrogen and oxygen atoms in total. The van der Waals surface area contributed by atoms with Crippen molar-refractivity contribution >= 4 is 16.9 Å². The molecule has 2 heterocycles. The summed E-state index contributed by atoms with van der Waals surface area (Å²) in [4.78, 5) is 40.7. The number of nitrogens with one attached hydrogen (secondary N) is 1. The minimum absolute atomic E-state index is 0.0724. The minimum atomic E-state index is -0.859. The Morgan fingerprint density at radius 2 is 1.66 bits per heavy atom. The summed E-state index contributed by atoms with van der Waals surface area (Å²) >= 11 is 0. The minimum Gasteiger partial charge on any atom is -0.506 e. The zero-order valence-electron chi connectivity index (χ0n) is 15.2. The first-order valence-corrected chi connectivity index (χ1v) is 8.64. The predicted molar refractivity (Wildman–Crippen MR) is 106 cm³/mol. The number of nitrogens with zero attached hydrogens (tertiary/aromatic N) is 2. The van der Waals surface area contributed by atoms with Crippen molar-refractivity contribution in [2.24, 2.45) is 0 Å². The number of hydrogen-bond acceptors (Lipinski definition) is 6. The van der Waals surface area contributed by atoms with Crippen LogP contribution in [0.2, 0.25) is 0 Å². The third-order valence-electron chi connectivity index (χ3n) is 4.47. The first-order chi connectivity index (χ1) is 14.0. The van der Waals surface area contributed by atoms with Crippen LogP contribution < -0.4 is 11.1 Å². The van der Waals surface area contributed by atoms with E-state index in [1.165, 1.54) is 0 Å². The van der Waals surface area contributed by atoms with Crippen LogP contribution in [-0.2, 0) is 4.74 Å². The SMILES string of the molecule is COC(=O)c1nn(-c2ccccc2)c(=O)c2c(O)c(-c3ccccc3)c(=O)[nH]c12. The average Bonchev–Trinajstić information content (AvgIpc) is 2.74. The van der Waals surface area contributed by atoms with E-state index in [0.717, 1.165) is 11.8 Å². The number of esters is 1. The molecule has 4 rings (SSSR count). The van der Waals surface area contributed by atoms with Gasteiger partial charge in [0, 0.05) is 0 Å². The molecule has 0 spiro atoms. The van der Waals surface area contributed by atoms with Gasteiger partial charge in [-0.15, -0.1) is 0 Å². The fraction of sp³-hybridized carbons (Fsp3) is 0.0476. The summed E-state index contributed by atoms with van der Waals surface area (Å²) in [5.41, 5.74) is -1.09. The molecule has 0 aliphatic heterocycles. The fourth-order valence-electron chi connectivity index (χ4n) is 3.13. The summed E-state index contributed by atoms with van der Waals surface area (Å²) < 4.78 is 5.74. The molecule has 0 amide bonds. The molecule has 0 fully saturated rings. The molecule has 0 saturated heterocycles. The van der Waals surface area contributed by atoms with Crippen molar-refractivity contribution in [2.75, 3.05) is 7.11 Å². The lowest BCUT2D eigenvalue weighted by molar-refractivity contribution is 0.0594. The van der Waals surface area contributed by atoms with Crippen molar-refractivity contribution in [2.45, 2.75) is 0 Å². The number of methoxy groups -OCH3 is 1. The van der Waals surface area contributed by atoms with Crippen LogP contribution in [0.3, 0.4) is 0 Å². The van der Waals surface area contributed by atoms with Crippen LogP contribution in [-0.4, -0.2) is 33.0 Å². The number of aromatic hydroxyl groups is 1. The molecule has 0 saturated carbocycles. The van der Waals surface area contributed by atoms with E-state index in [0.29, 0.717) is 11.3 Å². The highest BCUT2D eigenvalue weighted by molar-refractivity contribution is 6.03. The maximum atomic E-state index is 13.2. The van der Waals surface area contributed by atoms with Gasteiger partial charge in [0.2, 0.25) is 0 Å². The van der Waals surface area contributed by atoms with E-state index in [1.54, 1.807) is 60.7 Å². The average molecular weight is 389 g/mol. The Labute approximate surface area is 163 Å². The fourth-order valence-corrected chi connectivity index (χ4v) is 3.13. The Morgan fingerprint density at radius 1 is 1.03 bits per heavy atom. The van der Waals surface area contributed by atoms with Gasteiger partial charge < -0.3 is 14.8 Å². The number of H-pyrrole nitrogens is 1. The normalized spacial score (nSPS) is 10.8. The molecule has 4 aromatic rings. The molecule has 144 valence electrons. The van der Waals surface area contributed by atoms with Gasteiger partial charge in [-0.05, 0) is 17.7 Å². The van der Waals surface area contributed by atoms with E-state index in [4.69, 9.17) is 4.74 Å². The van der Waals surface area contributed by atoms with Crippen LogP contribution in [0.15, 0.2) is 70.3 Å². The topological polar surface area (TPSA) is 114 Å². The maximum Gasteiger partial charge on any atom is 0.360 e. The van der Waals surface area contributed by atoms with Gasteiger partial charge in [0.25, 0.3) is 11.1 Å². The lowest BCUT2D eigenvalue weighted by Crippen LogP contribution is -2.27. The molecule has 0 aliphatic rings. The second-order valence-corrected chi connectivity index (χ2v) is 6.19. The molecule has 0 radical (unpaired) electrons. The molecule has 2 N–H and O–H groups in total. The van der Waals surface area contributed by atoms with E-state index in [9.17, 15) is 19.5 Å². The number of para-hydroxylation sites is 1. The van der Waals surface area contributed by atoms with Crippen molar-refractivity contribution in [1.82, 2.24) is 14.8 Å². The maximum absolute atomic E-state index is 13.2. The predicted octanol–water partition coefficient (Wildman–Crippen LogP) is 2.23. The highest BCUT2D eigenvalue weighted by atomic mass is 16.5. The van der Waals surface area contributed by atoms with Crippen LogP contribution >= 0.6 is 0 Å². The summed E-state index contributed by atoms with van der Waals surface area (Å²) in [7, 11) is 1.16. The molecular formula is C21H15N3O5. The summed E-state index contributed by atoms with van der Waals surface area (Å²) in [6.07, 6.45) is 0. The first-order valence-electron chi connectivity index (χ1n) is 8.64. The summed E-state index contributed by atoms with van der Waals surface area (Å²) in [6.45, 7) is 0. The summed E-state index contributed by atoms with van der Waals surface area (Å²) in [6, 6.07) is 16.9. The number of fused-ring (bicyclic) bond motifs is 1. The zero-order chi connectivity index (χ0) is 20.5. The molecule has 2 aromatic heterocycles. The molecule has 29 heavy (non-hydrogen) atoms. The molecule has 0 unspecified atom stereocenters. The lowest BCUT2D eigenvalue weighted by Gasteiger charge is -2.12. The number of aromatic amines is 1. The molecule has 0 aliphatic carbocycles. The third-order valence-corrected chi connectivity index (χ3v) is 4.47. The van der Waals surface area contributed by atoms with Crippen LogP contribution in [0.25, 0.3) is 27.7 Å². The summed E-state index contributed by atoms with van der Waals surface area (Å²) in [5.74, 6) is -1.39. The largest absolute Gasteiger partial charge is 0.506 e. The van der Waals surface area contributed by atoms with E-state index in [-0.39, 0.29) is 22.2 Å². The standard InChI is InChI=1S/C21H15N3O5/c1-29-21(28)17-16-15(20(27)24(23-17)13-10-6-3-7-11-13)18(25)14(19(26)22-16)12-8-4-2-5-9-12/h2-11H,1H3,(H2,22,25,26). The number of hydrogen-bond donors (Lipinski definition) is 2. The number of ether oxygens (including phenoxy) is 1. The quantitative estimate of drug-likeness (QED) is 0.520. The van der Waals surface area contributed by atoms with Gasteiger partial charge in [0.15, 0.2) is 5.69 Å². The Bertz CT molecular complexity index is 1340. The number of pyridine rings is 1. The molecule has 8 heteroatoms. The van der Waals surface area contributed by atoms with Gasteiger partial charge in [-0.25, -0.2) is 4.79 Å². The van der Waals surface area contributed by atoms with E-state index < -0.39 is 22.8 Å². The summed E-state index contributed by atoms with van der Waals surface area (Å²) in [5, 5.41) is 14.7. The van der Waals surface area contributed by atoms with Gasteiger partial charge in [-0.1, -0.05) is 48.5 Å². The van der Waals surface area contributed by atoms with Crippen molar-refractivity contribution in [3.05, 3.63) is 87.1 Å². The number of carbonyl (C=O) groups is 1. The van der Waals surface area contributed by atoms with E-state index in [1.807, 2.05) is 0 Å². The Kier molecular flexibility index (Phi) is 4.44. The van der Waals surface area contributed by atoms with Gasteiger partial charge in [0.1, 0.15) is 11.1 Å². The van der Waals surface area contributed by atoms with E-state index >= 15 is 0 Å². The number of rotatable bonds is 3. The lowest BCUT2D eigenvalue weighted by atomic mass is 10.0. The Morgan fingerprint density at radius 3 is 2.28 bits per heavy atom. The van der Waals surface area contributed by atoms with Crippen molar-refractivity contribution in [3.8, 4) is 22.6 Å².